The van der Waals surface area contributed by atoms with E-state index in [4.69, 9.17) is 0 Å². The molecule has 0 nitrogen and oxygen atoms in total. The molecule has 0 saturated carbocycles. The molecule has 2 aromatic carbocycles. The second kappa shape index (κ2) is 8.33. The first-order valence-corrected chi connectivity index (χ1v) is 9.64. The quantitative estimate of drug-likeness (QED) is 0.407. The average molecular weight is 319 g/mol. The molecule has 3 rings (SSSR count). The zero-order chi connectivity index (χ0) is 16.8. The van der Waals surface area contributed by atoms with Gasteiger partial charge in [-0.1, -0.05) is 74.4 Å². The lowest BCUT2D eigenvalue weighted by Crippen LogP contribution is -2.12. The first kappa shape index (κ1) is 17.0. The van der Waals surface area contributed by atoms with Gasteiger partial charge in [-0.25, -0.2) is 0 Å². The Balaban J connectivity index is 1.72. The van der Waals surface area contributed by atoms with Crippen LogP contribution in [0.4, 0.5) is 0 Å². The van der Waals surface area contributed by atoms with Crippen LogP contribution in [0.25, 0.3) is 11.1 Å². The van der Waals surface area contributed by atoms with E-state index >= 15 is 0 Å². The van der Waals surface area contributed by atoms with Gasteiger partial charge in [0.25, 0.3) is 0 Å². The van der Waals surface area contributed by atoms with Gasteiger partial charge in [-0.15, -0.1) is 0 Å². The number of rotatable bonds is 6. The average Bonchev–Trinajstić information content (AvgIpc) is 2.62. The summed E-state index contributed by atoms with van der Waals surface area (Å²) in [6.07, 6.45) is 13.4. The number of hydrogen-bond acceptors (Lipinski definition) is 0. The molecule has 0 spiro atoms. The minimum absolute atomic E-state index is 0.732. The summed E-state index contributed by atoms with van der Waals surface area (Å²) >= 11 is 0. The van der Waals surface area contributed by atoms with Gasteiger partial charge >= 0.3 is 0 Å². The van der Waals surface area contributed by atoms with Gasteiger partial charge in [0.1, 0.15) is 0 Å². The Hall–Kier alpha value is -1.82. The van der Waals surface area contributed by atoms with E-state index in [2.05, 4.69) is 68.5 Å². The molecule has 0 heteroatoms. The van der Waals surface area contributed by atoms with Crippen LogP contribution in [0.1, 0.15) is 56.2 Å². The zero-order valence-electron chi connectivity index (χ0n) is 15.2. The molecule has 0 aromatic heterocycles. The number of aryl methyl sites for hydroxylation is 2. The molecule has 1 aliphatic rings. The van der Waals surface area contributed by atoms with Crippen molar-refractivity contribution in [1.82, 2.24) is 0 Å². The molecular weight excluding hydrogens is 288 g/mol. The molecule has 126 valence electrons. The van der Waals surface area contributed by atoms with Crippen molar-refractivity contribution in [2.45, 2.75) is 58.8 Å². The summed E-state index contributed by atoms with van der Waals surface area (Å²) in [7, 11) is 0. The Labute approximate surface area is 147 Å². The summed E-state index contributed by atoms with van der Waals surface area (Å²) in [5, 5.41) is 0. The van der Waals surface area contributed by atoms with Crippen molar-refractivity contribution < 1.29 is 0 Å². The summed E-state index contributed by atoms with van der Waals surface area (Å²) in [6, 6.07) is 16.3. The van der Waals surface area contributed by atoms with Gasteiger partial charge in [0.05, 0.1) is 0 Å². The molecule has 0 radical (unpaired) electrons. The van der Waals surface area contributed by atoms with Crippen LogP contribution in [0.15, 0.2) is 54.6 Å². The Morgan fingerprint density at radius 1 is 0.958 bits per heavy atom. The molecule has 0 fully saturated rings. The van der Waals surface area contributed by atoms with Crippen LogP contribution in [0.5, 0.6) is 0 Å². The van der Waals surface area contributed by atoms with Gasteiger partial charge in [-0.2, -0.15) is 0 Å². The number of benzene rings is 2. The standard InChI is InChI=1S/C24H30/c1-3-5-6-8-19-9-12-21(13-10-19)23-16-15-22-17-20(7-4-2)11-14-24(22)18-23/h4,7,9-10,12-13,15-16,18,20H,3,5-6,8,11,14,17H2,1-2H3/b7-4+. The largest absolute Gasteiger partial charge is 0.0914 e. The van der Waals surface area contributed by atoms with Gasteiger partial charge in [0.15, 0.2) is 0 Å². The molecule has 2 aromatic rings. The second-order valence-corrected chi connectivity index (χ2v) is 7.17. The number of allylic oxidation sites excluding steroid dienone is 2. The first-order chi connectivity index (χ1) is 11.8. The van der Waals surface area contributed by atoms with Gasteiger partial charge in [-0.05, 0) is 72.8 Å². The van der Waals surface area contributed by atoms with Crippen molar-refractivity contribution in [3.63, 3.8) is 0 Å². The predicted octanol–water partition coefficient (Wildman–Crippen LogP) is 6.77. The van der Waals surface area contributed by atoms with Crippen LogP contribution in [0.2, 0.25) is 0 Å². The summed E-state index contributed by atoms with van der Waals surface area (Å²) in [5.74, 6) is 0.732. The Morgan fingerprint density at radius 3 is 2.50 bits per heavy atom. The summed E-state index contributed by atoms with van der Waals surface area (Å²) in [5.41, 5.74) is 7.30. The predicted molar refractivity (Wildman–Crippen MR) is 105 cm³/mol. The van der Waals surface area contributed by atoms with E-state index in [0.29, 0.717) is 0 Å². The van der Waals surface area contributed by atoms with Gasteiger partial charge in [0, 0.05) is 0 Å². The molecule has 24 heavy (non-hydrogen) atoms. The topological polar surface area (TPSA) is 0 Å². The zero-order valence-corrected chi connectivity index (χ0v) is 15.2. The van der Waals surface area contributed by atoms with Gasteiger partial charge in [-0.3, -0.25) is 0 Å². The maximum atomic E-state index is 2.42. The maximum absolute atomic E-state index is 2.42. The molecule has 1 atom stereocenters. The molecule has 0 aliphatic heterocycles. The lowest BCUT2D eigenvalue weighted by Gasteiger charge is -2.23. The monoisotopic (exact) mass is 318 g/mol. The van der Waals surface area contributed by atoms with Crippen molar-refractivity contribution in [2.75, 3.05) is 0 Å². The van der Waals surface area contributed by atoms with Crippen LogP contribution in [-0.4, -0.2) is 0 Å². The van der Waals surface area contributed by atoms with Crippen LogP contribution in [-0.2, 0) is 19.3 Å². The highest BCUT2D eigenvalue weighted by atomic mass is 14.2. The second-order valence-electron chi connectivity index (χ2n) is 7.17. The van der Waals surface area contributed by atoms with Crippen molar-refractivity contribution in [1.29, 1.82) is 0 Å². The molecule has 0 amide bonds. The Kier molecular flexibility index (Phi) is 5.91. The smallest absolute Gasteiger partial charge is 0.0181 e. The van der Waals surface area contributed by atoms with E-state index in [1.807, 2.05) is 0 Å². The van der Waals surface area contributed by atoms with Crippen molar-refractivity contribution in [2.24, 2.45) is 5.92 Å². The first-order valence-electron chi connectivity index (χ1n) is 9.64. The molecular formula is C24H30. The van der Waals surface area contributed by atoms with Gasteiger partial charge in [0.2, 0.25) is 0 Å². The van der Waals surface area contributed by atoms with E-state index in [-0.39, 0.29) is 0 Å². The third kappa shape index (κ3) is 4.17. The Morgan fingerprint density at radius 2 is 1.75 bits per heavy atom. The summed E-state index contributed by atoms with van der Waals surface area (Å²) in [4.78, 5) is 0. The lowest BCUT2D eigenvalue weighted by molar-refractivity contribution is 0.553. The fourth-order valence-electron chi connectivity index (χ4n) is 3.84. The number of unbranched alkanes of at least 4 members (excludes halogenated alkanes) is 2. The van der Waals surface area contributed by atoms with Crippen LogP contribution in [0, 0.1) is 5.92 Å². The van der Waals surface area contributed by atoms with Crippen molar-refractivity contribution in [3.8, 4) is 11.1 Å². The van der Waals surface area contributed by atoms with Crippen LogP contribution < -0.4 is 0 Å². The third-order valence-electron chi connectivity index (χ3n) is 5.29. The highest BCUT2D eigenvalue weighted by molar-refractivity contribution is 5.65. The van der Waals surface area contributed by atoms with Gasteiger partial charge < -0.3 is 0 Å². The molecule has 0 saturated heterocycles. The van der Waals surface area contributed by atoms with Crippen molar-refractivity contribution >= 4 is 0 Å². The summed E-state index contributed by atoms with van der Waals surface area (Å²) < 4.78 is 0. The highest BCUT2D eigenvalue weighted by Crippen LogP contribution is 2.30. The molecule has 1 unspecified atom stereocenters. The minimum Gasteiger partial charge on any atom is -0.0914 e. The van der Waals surface area contributed by atoms with Crippen LogP contribution in [0.3, 0.4) is 0 Å². The molecule has 1 aliphatic carbocycles. The van der Waals surface area contributed by atoms with Crippen molar-refractivity contribution in [3.05, 3.63) is 71.3 Å². The SMILES string of the molecule is C/C=C/C1CCc2cc(-c3ccc(CCCCC)cc3)ccc2C1. The normalized spacial score (nSPS) is 17.2. The molecule has 0 heterocycles. The van der Waals surface area contributed by atoms with E-state index < -0.39 is 0 Å². The molecule has 0 bridgehead atoms. The third-order valence-corrected chi connectivity index (χ3v) is 5.29. The lowest BCUT2D eigenvalue weighted by atomic mass is 9.82. The fourth-order valence-corrected chi connectivity index (χ4v) is 3.84. The van der Waals surface area contributed by atoms with E-state index in [0.717, 1.165) is 5.92 Å². The minimum atomic E-state index is 0.732. The van der Waals surface area contributed by atoms with Crippen LogP contribution >= 0.6 is 0 Å². The van der Waals surface area contributed by atoms with E-state index in [1.165, 1.54) is 61.6 Å². The maximum Gasteiger partial charge on any atom is -0.0181 e. The molecule has 0 N–H and O–H groups in total. The number of hydrogen-bond donors (Lipinski definition) is 0. The fraction of sp³-hybridized carbons (Fsp3) is 0.417. The Bertz CT molecular complexity index is 676. The van der Waals surface area contributed by atoms with E-state index in [1.54, 1.807) is 11.1 Å². The summed E-state index contributed by atoms with van der Waals surface area (Å²) in [6.45, 7) is 4.39. The van der Waals surface area contributed by atoms with E-state index in [9.17, 15) is 0 Å². The number of fused-ring (bicyclic) bond motifs is 1. The highest BCUT2D eigenvalue weighted by Gasteiger charge is 2.16.